The number of nitrogens with zero attached hydrogens (tertiary/aromatic N) is 1. The molecule has 0 fully saturated rings. The van der Waals surface area contributed by atoms with E-state index in [1.54, 1.807) is 23.5 Å². The Labute approximate surface area is 134 Å². The lowest BCUT2D eigenvalue weighted by Crippen LogP contribution is -2.11. The van der Waals surface area contributed by atoms with E-state index in [1.807, 2.05) is 12.1 Å². The molecular formula is C17H20N2O2S. The van der Waals surface area contributed by atoms with E-state index in [1.165, 1.54) is 17.7 Å². The Balaban J connectivity index is 1.65. The average molecular weight is 316 g/mol. The Morgan fingerprint density at radius 2 is 2.05 bits per heavy atom. The summed E-state index contributed by atoms with van der Waals surface area (Å²) in [6.45, 7) is 2.76. The van der Waals surface area contributed by atoms with Crippen molar-refractivity contribution in [3.63, 3.8) is 0 Å². The molecule has 4 nitrogen and oxygen atoms in total. The van der Waals surface area contributed by atoms with Crippen molar-refractivity contribution in [1.82, 2.24) is 4.98 Å². The van der Waals surface area contributed by atoms with Crippen molar-refractivity contribution in [2.75, 3.05) is 11.9 Å². The van der Waals surface area contributed by atoms with Gasteiger partial charge in [0.25, 0.3) is 5.91 Å². The summed E-state index contributed by atoms with van der Waals surface area (Å²) in [6.07, 6.45) is 5.51. The minimum atomic E-state index is -0.117. The van der Waals surface area contributed by atoms with Crippen molar-refractivity contribution < 1.29 is 9.53 Å². The van der Waals surface area contributed by atoms with E-state index in [-0.39, 0.29) is 5.91 Å². The Bertz CT molecular complexity index is 626. The van der Waals surface area contributed by atoms with Gasteiger partial charge in [-0.15, -0.1) is 11.3 Å². The topological polar surface area (TPSA) is 51.2 Å². The van der Waals surface area contributed by atoms with E-state index >= 15 is 0 Å². The molecule has 1 amide bonds. The predicted octanol–water partition coefficient (Wildman–Crippen LogP) is 4.06. The highest BCUT2D eigenvalue weighted by molar-refractivity contribution is 7.15. The summed E-state index contributed by atoms with van der Waals surface area (Å²) in [4.78, 5) is 18.1. The molecule has 22 heavy (non-hydrogen) atoms. The van der Waals surface area contributed by atoms with Gasteiger partial charge in [-0.25, -0.2) is 4.98 Å². The fourth-order valence-electron chi connectivity index (χ4n) is 2.50. The third-order valence-electron chi connectivity index (χ3n) is 3.66. The Hall–Kier alpha value is -1.88. The number of ether oxygens (including phenoxy) is 1. The summed E-state index contributed by atoms with van der Waals surface area (Å²) in [5.74, 6) is 0.677. The summed E-state index contributed by atoms with van der Waals surface area (Å²) in [6, 6.07) is 7.23. The van der Waals surface area contributed by atoms with E-state index in [4.69, 9.17) is 4.74 Å². The third-order valence-corrected chi connectivity index (χ3v) is 4.73. The maximum absolute atomic E-state index is 12.3. The second-order valence-corrected chi connectivity index (χ2v) is 6.51. The standard InChI is InChI=1S/C17H20N2O2S/c1-2-11-21-13-9-7-12(8-10-13)16(20)19-17-18-14-5-3-4-6-15(14)22-17/h7-10H,2-6,11H2,1H3,(H,18,19,20). The molecule has 0 unspecified atom stereocenters. The summed E-state index contributed by atoms with van der Waals surface area (Å²) >= 11 is 1.60. The summed E-state index contributed by atoms with van der Waals surface area (Å²) < 4.78 is 5.52. The second-order valence-electron chi connectivity index (χ2n) is 5.42. The molecule has 0 atom stereocenters. The van der Waals surface area contributed by atoms with Gasteiger partial charge in [-0.05, 0) is 56.4 Å². The van der Waals surface area contributed by atoms with E-state index in [0.29, 0.717) is 17.3 Å². The van der Waals surface area contributed by atoms with Gasteiger partial charge in [0.15, 0.2) is 5.13 Å². The number of benzene rings is 1. The average Bonchev–Trinajstić information content (AvgIpc) is 2.95. The number of nitrogens with one attached hydrogen (secondary N) is 1. The van der Waals surface area contributed by atoms with E-state index in [2.05, 4.69) is 17.2 Å². The number of aryl methyl sites for hydroxylation is 2. The van der Waals surface area contributed by atoms with Gasteiger partial charge in [-0.1, -0.05) is 6.92 Å². The molecule has 0 saturated carbocycles. The number of anilines is 1. The zero-order valence-electron chi connectivity index (χ0n) is 12.7. The molecule has 1 aromatic heterocycles. The lowest BCUT2D eigenvalue weighted by atomic mass is 10.0. The van der Waals surface area contributed by atoms with Crippen molar-refractivity contribution in [2.24, 2.45) is 0 Å². The van der Waals surface area contributed by atoms with Gasteiger partial charge in [0.1, 0.15) is 5.75 Å². The molecule has 0 spiro atoms. The minimum Gasteiger partial charge on any atom is -0.494 e. The lowest BCUT2D eigenvalue weighted by molar-refractivity contribution is 0.102. The Kier molecular flexibility index (Phi) is 4.73. The van der Waals surface area contributed by atoms with Crippen LogP contribution in [-0.2, 0) is 12.8 Å². The largest absolute Gasteiger partial charge is 0.494 e. The number of fused-ring (bicyclic) bond motifs is 1. The molecule has 1 aliphatic carbocycles. The summed E-state index contributed by atoms with van der Waals surface area (Å²) in [5, 5.41) is 3.62. The van der Waals surface area contributed by atoms with Crippen LogP contribution in [0.25, 0.3) is 0 Å². The van der Waals surface area contributed by atoms with Gasteiger partial charge in [0, 0.05) is 10.4 Å². The first-order valence-corrected chi connectivity index (χ1v) is 8.60. The van der Waals surface area contributed by atoms with E-state index in [0.717, 1.165) is 30.7 Å². The van der Waals surface area contributed by atoms with Gasteiger partial charge in [0.05, 0.1) is 12.3 Å². The van der Waals surface area contributed by atoms with Crippen LogP contribution in [0.2, 0.25) is 0 Å². The molecule has 1 aliphatic rings. The number of hydrogen-bond donors (Lipinski definition) is 1. The van der Waals surface area contributed by atoms with Crippen LogP contribution in [0.1, 0.15) is 47.1 Å². The summed E-state index contributed by atoms with van der Waals surface area (Å²) in [7, 11) is 0. The van der Waals surface area contributed by atoms with Gasteiger partial charge < -0.3 is 4.74 Å². The Morgan fingerprint density at radius 3 is 2.77 bits per heavy atom. The van der Waals surface area contributed by atoms with Crippen molar-refractivity contribution in [3.05, 3.63) is 40.4 Å². The lowest BCUT2D eigenvalue weighted by Gasteiger charge is -2.06. The highest BCUT2D eigenvalue weighted by Crippen LogP contribution is 2.29. The number of carbonyl (C=O) groups is 1. The van der Waals surface area contributed by atoms with Crippen LogP contribution in [0, 0.1) is 0 Å². The van der Waals surface area contributed by atoms with Gasteiger partial charge >= 0.3 is 0 Å². The first kappa shape index (κ1) is 15.0. The van der Waals surface area contributed by atoms with Crippen molar-refractivity contribution in [3.8, 4) is 5.75 Å². The molecule has 1 heterocycles. The number of carbonyl (C=O) groups excluding carboxylic acids is 1. The van der Waals surface area contributed by atoms with Gasteiger partial charge in [-0.3, -0.25) is 10.1 Å². The smallest absolute Gasteiger partial charge is 0.257 e. The first-order valence-electron chi connectivity index (χ1n) is 7.79. The number of hydrogen-bond acceptors (Lipinski definition) is 4. The zero-order chi connectivity index (χ0) is 15.4. The minimum absolute atomic E-state index is 0.117. The maximum Gasteiger partial charge on any atom is 0.257 e. The van der Waals surface area contributed by atoms with Crippen molar-refractivity contribution in [1.29, 1.82) is 0 Å². The number of rotatable bonds is 5. The van der Waals surface area contributed by atoms with Crippen molar-refractivity contribution in [2.45, 2.75) is 39.0 Å². The second kappa shape index (κ2) is 6.92. The molecule has 1 N–H and O–H groups in total. The van der Waals surface area contributed by atoms with Gasteiger partial charge in [0.2, 0.25) is 0 Å². The Morgan fingerprint density at radius 1 is 1.27 bits per heavy atom. The molecule has 0 aliphatic heterocycles. The van der Waals surface area contributed by atoms with Crippen molar-refractivity contribution >= 4 is 22.4 Å². The molecule has 1 aromatic carbocycles. The maximum atomic E-state index is 12.3. The third kappa shape index (κ3) is 3.47. The highest BCUT2D eigenvalue weighted by Gasteiger charge is 2.16. The van der Waals surface area contributed by atoms with E-state index in [9.17, 15) is 4.79 Å². The van der Waals surface area contributed by atoms with Crippen LogP contribution in [0.3, 0.4) is 0 Å². The highest BCUT2D eigenvalue weighted by atomic mass is 32.1. The van der Waals surface area contributed by atoms with Gasteiger partial charge in [-0.2, -0.15) is 0 Å². The predicted molar refractivity (Wildman–Crippen MR) is 88.9 cm³/mol. The van der Waals surface area contributed by atoms with Crippen LogP contribution in [0.4, 0.5) is 5.13 Å². The monoisotopic (exact) mass is 316 g/mol. The van der Waals surface area contributed by atoms with Crippen LogP contribution in [0.5, 0.6) is 5.75 Å². The quantitative estimate of drug-likeness (QED) is 0.905. The summed E-state index contributed by atoms with van der Waals surface area (Å²) in [5.41, 5.74) is 1.78. The normalized spacial score (nSPS) is 13.5. The van der Waals surface area contributed by atoms with Crippen LogP contribution < -0.4 is 10.1 Å². The first-order chi connectivity index (χ1) is 10.8. The zero-order valence-corrected chi connectivity index (χ0v) is 13.5. The molecule has 3 rings (SSSR count). The van der Waals surface area contributed by atoms with Crippen LogP contribution >= 0.6 is 11.3 Å². The molecule has 0 radical (unpaired) electrons. The fourth-order valence-corrected chi connectivity index (χ4v) is 3.54. The number of amides is 1. The molecule has 0 bridgehead atoms. The molecule has 116 valence electrons. The molecule has 2 aromatic rings. The van der Waals surface area contributed by atoms with Crippen LogP contribution in [0.15, 0.2) is 24.3 Å². The fraction of sp³-hybridized carbons (Fsp3) is 0.412. The SMILES string of the molecule is CCCOc1ccc(C(=O)Nc2nc3c(s2)CCCC3)cc1. The van der Waals surface area contributed by atoms with E-state index < -0.39 is 0 Å². The molecular weight excluding hydrogens is 296 g/mol. The molecule has 5 heteroatoms. The number of aromatic nitrogens is 1. The molecule has 0 saturated heterocycles. The van der Waals surface area contributed by atoms with Crippen LogP contribution in [-0.4, -0.2) is 17.5 Å². The number of thiazole rings is 1.